The third-order valence-corrected chi connectivity index (χ3v) is 6.24. The summed E-state index contributed by atoms with van der Waals surface area (Å²) in [5.74, 6) is 1.61. The smallest absolute Gasteiger partial charge is 0.229 e. The zero-order chi connectivity index (χ0) is 17.2. The van der Waals surface area contributed by atoms with Crippen LogP contribution >= 0.6 is 0 Å². The topological polar surface area (TPSA) is 20.3 Å². The van der Waals surface area contributed by atoms with Crippen molar-refractivity contribution in [1.82, 2.24) is 4.90 Å². The summed E-state index contributed by atoms with van der Waals surface area (Å²) < 4.78 is 13.2. The van der Waals surface area contributed by atoms with E-state index in [9.17, 15) is 9.18 Å². The number of carbonyl (C=O) groups is 1. The van der Waals surface area contributed by atoms with E-state index in [-0.39, 0.29) is 11.2 Å². The molecule has 2 nitrogen and oxygen atoms in total. The molecule has 1 heterocycles. The Bertz CT molecular complexity index is 552. The molecule has 0 spiro atoms. The maximum Gasteiger partial charge on any atom is 0.229 e. The lowest BCUT2D eigenvalue weighted by Crippen LogP contribution is -2.47. The number of carbonyl (C=O) groups excluding carboxylic acids is 1. The zero-order valence-corrected chi connectivity index (χ0v) is 15.1. The lowest BCUT2D eigenvalue weighted by Gasteiger charge is -2.39. The number of benzene rings is 1. The molecule has 0 aromatic heterocycles. The molecular weight excluding hydrogens is 301 g/mol. The van der Waals surface area contributed by atoms with Crippen LogP contribution in [0.25, 0.3) is 0 Å². The molecule has 1 saturated carbocycles. The van der Waals surface area contributed by atoms with E-state index in [0.717, 1.165) is 69.5 Å². The van der Waals surface area contributed by atoms with Crippen LogP contribution in [-0.4, -0.2) is 23.9 Å². The summed E-state index contributed by atoms with van der Waals surface area (Å²) in [4.78, 5) is 15.4. The van der Waals surface area contributed by atoms with Crippen LogP contribution in [0.5, 0.6) is 0 Å². The average molecular weight is 331 g/mol. The second-order valence-corrected chi connectivity index (χ2v) is 8.16. The van der Waals surface area contributed by atoms with Crippen LogP contribution in [0.3, 0.4) is 0 Å². The summed E-state index contributed by atoms with van der Waals surface area (Å²) in [7, 11) is 0. The SMILES string of the molecule is CC(C)C1CCN(C(=O)C2(Cc3ccc(F)cc3)CCCC2)CC1. The molecule has 2 fully saturated rings. The molecule has 132 valence electrons. The van der Waals surface area contributed by atoms with E-state index < -0.39 is 0 Å². The fraction of sp³-hybridized carbons (Fsp3) is 0.667. The van der Waals surface area contributed by atoms with E-state index in [1.54, 1.807) is 0 Å². The summed E-state index contributed by atoms with van der Waals surface area (Å²) in [6.07, 6.45) is 7.26. The molecule has 0 bridgehead atoms. The van der Waals surface area contributed by atoms with Gasteiger partial charge in [0.2, 0.25) is 5.91 Å². The number of amides is 1. The molecule has 3 heteroatoms. The van der Waals surface area contributed by atoms with Gasteiger partial charge in [0.05, 0.1) is 5.41 Å². The largest absolute Gasteiger partial charge is 0.342 e. The van der Waals surface area contributed by atoms with Crippen molar-refractivity contribution in [3.63, 3.8) is 0 Å². The van der Waals surface area contributed by atoms with Crippen molar-refractivity contribution in [2.45, 2.75) is 58.8 Å². The first kappa shape index (κ1) is 17.4. The van der Waals surface area contributed by atoms with Gasteiger partial charge in [0.25, 0.3) is 0 Å². The van der Waals surface area contributed by atoms with Gasteiger partial charge in [-0.25, -0.2) is 4.39 Å². The lowest BCUT2D eigenvalue weighted by atomic mass is 9.77. The molecule has 0 unspecified atom stereocenters. The van der Waals surface area contributed by atoms with Gasteiger partial charge in [0.15, 0.2) is 0 Å². The third-order valence-electron chi connectivity index (χ3n) is 6.24. The molecule has 1 aliphatic heterocycles. The number of halogens is 1. The molecule has 1 amide bonds. The summed E-state index contributed by atoms with van der Waals surface area (Å²) in [5, 5.41) is 0. The van der Waals surface area contributed by atoms with Crippen molar-refractivity contribution in [2.24, 2.45) is 17.3 Å². The third kappa shape index (κ3) is 3.65. The Hall–Kier alpha value is -1.38. The van der Waals surface area contributed by atoms with Gasteiger partial charge in [-0.1, -0.05) is 38.8 Å². The number of piperidine rings is 1. The van der Waals surface area contributed by atoms with Crippen LogP contribution < -0.4 is 0 Å². The Balaban J connectivity index is 1.70. The number of rotatable bonds is 4. The van der Waals surface area contributed by atoms with Crippen LogP contribution in [0.2, 0.25) is 0 Å². The molecule has 1 aromatic rings. The van der Waals surface area contributed by atoms with Crippen LogP contribution in [-0.2, 0) is 11.2 Å². The number of hydrogen-bond acceptors (Lipinski definition) is 1. The van der Waals surface area contributed by atoms with Crippen molar-refractivity contribution in [1.29, 1.82) is 0 Å². The molecular formula is C21H30FNO. The quantitative estimate of drug-likeness (QED) is 0.774. The van der Waals surface area contributed by atoms with Crippen molar-refractivity contribution in [2.75, 3.05) is 13.1 Å². The molecule has 0 radical (unpaired) electrons. The molecule has 0 N–H and O–H groups in total. The van der Waals surface area contributed by atoms with E-state index in [1.807, 2.05) is 12.1 Å². The Labute approximate surface area is 145 Å². The zero-order valence-electron chi connectivity index (χ0n) is 15.1. The highest BCUT2D eigenvalue weighted by Crippen LogP contribution is 2.43. The summed E-state index contributed by atoms with van der Waals surface area (Å²) in [6.45, 7) is 6.39. The molecule has 2 aliphatic rings. The minimum absolute atomic E-state index is 0.207. The molecule has 1 aliphatic carbocycles. The van der Waals surface area contributed by atoms with Gasteiger partial charge in [-0.05, 0) is 61.6 Å². The summed E-state index contributed by atoms with van der Waals surface area (Å²) in [6, 6.07) is 6.70. The fourth-order valence-electron chi connectivity index (χ4n) is 4.62. The highest BCUT2D eigenvalue weighted by molar-refractivity contribution is 5.83. The first-order valence-corrected chi connectivity index (χ1v) is 9.54. The number of likely N-dealkylation sites (tertiary alicyclic amines) is 1. The highest BCUT2D eigenvalue weighted by atomic mass is 19.1. The van der Waals surface area contributed by atoms with E-state index in [0.29, 0.717) is 11.8 Å². The second-order valence-electron chi connectivity index (χ2n) is 8.16. The molecule has 3 rings (SSSR count). The Morgan fingerprint density at radius 1 is 1.17 bits per heavy atom. The van der Waals surface area contributed by atoms with Gasteiger partial charge < -0.3 is 4.90 Å². The van der Waals surface area contributed by atoms with Gasteiger partial charge >= 0.3 is 0 Å². The Morgan fingerprint density at radius 3 is 2.29 bits per heavy atom. The van der Waals surface area contributed by atoms with Gasteiger partial charge in [-0.15, -0.1) is 0 Å². The first-order chi connectivity index (χ1) is 11.5. The Kier molecular flexibility index (Phi) is 5.27. The molecule has 0 atom stereocenters. The minimum Gasteiger partial charge on any atom is -0.342 e. The van der Waals surface area contributed by atoms with Crippen LogP contribution in [0.15, 0.2) is 24.3 Å². The van der Waals surface area contributed by atoms with Gasteiger partial charge in [0.1, 0.15) is 5.82 Å². The first-order valence-electron chi connectivity index (χ1n) is 9.54. The standard InChI is InChI=1S/C21H30FNO/c1-16(2)18-9-13-23(14-10-18)20(24)21(11-3-4-12-21)15-17-5-7-19(22)8-6-17/h5-8,16,18H,3-4,9-15H2,1-2H3. The molecule has 1 aromatic carbocycles. The van der Waals surface area contributed by atoms with E-state index in [2.05, 4.69) is 18.7 Å². The maximum atomic E-state index is 13.3. The minimum atomic E-state index is -0.248. The average Bonchev–Trinajstić information content (AvgIpc) is 3.06. The summed E-state index contributed by atoms with van der Waals surface area (Å²) in [5.41, 5.74) is 0.839. The van der Waals surface area contributed by atoms with E-state index >= 15 is 0 Å². The predicted molar refractivity (Wildman–Crippen MR) is 95.1 cm³/mol. The molecule has 24 heavy (non-hydrogen) atoms. The van der Waals surface area contributed by atoms with Gasteiger partial charge in [-0.2, -0.15) is 0 Å². The summed E-state index contributed by atoms with van der Waals surface area (Å²) >= 11 is 0. The van der Waals surface area contributed by atoms with Crippen molar-refractivity contribution < 1.29 is 9.18 Å². The Morgan fingerprint density at radius 2 is 1.75 bits per heavy atom. The second kappa shape index (κ2) is 7.25. The van der Waals surface area contributed by atoms with Crippen molar-refractivity contribution in [3.8, 4) is 0 Å². The predicted octanol–water partition coefficient (Wildman–Crippen LogP) is 4.82. The fourth-order valence-corrected chi connectivity index (χ4v) is 4.62. The van der Waals surface area contributed by atoms with Crippen molar-refractivity contribution in [3.05, 3.63) is 35.6 Å². The number of nitrogens with zero attached hydrogens (tertiary/aromatic N) is 1. The van der Waals surface area contributed by atoms with E-state index in [1.165, 1.54) is 12.1 Å². The van der Waals surface area contributed by atoms with Crippen LogP contribution in [0, 0.1) is 23.1 Å². The van der Waals surface area contributed by atoms with Crippen LogP contribution in [0.4, 0.5) is 4.39 Å². The van der Waals surface area contributed by atoms with Gasteiger partial charge in [0, 0.05) is 13.1 Å². The highest BCUT2D eigenvalue weighted by Gasteiger charge is 2.44. The van der Waals surface area contributed by atoms with E-state index in [4.69, 9.17) is 0 Å². The van der Waals surface area contributed by atoms with Gasteiger partial charge in [-0.3, -0.25) is 4.79 Å². The maximum absolute atomic E-state index is 13.3. The monoisotopic (exact) mass is 331 g/mol. The molecule has 1 saturated heterocycles. The normalized spacial score (nSPS) is 21.4. The van der Waals surface area contributed by atoms with Crippen molar-refractivity contribution >= 4 is 5.91 Å². The van der Waals surface area contributed by atoms with Crippen LogP contribution in [0.1, 0.15) is 57.9 Å². The lowest BCUT2D eigenvalue weighted by molar-refractivity contribution is -0.143. The number of hydrogen-bond donors (Lipinski definition) is 0.